The third-order valence-electron chi connectivity index (χ3n) is 4.47. The molecule has 2 fully saturated rings. The van der Waals surface area contributed by atoms with E-state index in [1.807, 2.05) is 37.3 Å². The average molecular weight is 324 g/mol. The van der Waals surface area contributed by atoms with Crippen LogP contribution >= 0.6 is 12.4 Å². The number of hydrogen-bond acceptors (Lipinski definition) is 3. The molecule has 22 heavy (non-hydrogen) atoms. The fraction of sp³-hybridized carbons (Fsp3) is 0.500. The number of anilines is 1. The Kier molecular flexibility index (Phi) is 5.42. The summed E-state index contributed by atoms with van der Waals surface area (Å²) in [5, 5.41) is 6.21. The van der Waals surface area contributed by atoms with Crippen LogP contribution in [0.4, 0.5) is 5.69 Å². The van der Waals surface area contributed by atoms with Gasteiger partial charge in [-0.25, -0.2) is 0 Å². The normalized spacial score (nSPS) is 22.7. The van der Waals surface area contributed by atoms with Crippen molar-refractivity contribution >= 4 is 29.9 Å². The molecule has 1 aromatic carbocycles. The smallest absolute Gasteiger partial charge is 0.229 e. The highest BCUT2D eigenvalue weighted by Crippen LogP contribution is 2.22. The second-order valence-electron chi connectivity index (χ2n) is 5.96. The Hall–Kier alpha value is -1.59. The first-order valence-electron chi connectivity index (χ1n) is 7.51. The molecule has 120 valence electrons. The number of halogens is 1. The minimum absolute atomic E-state index is 0. The molecule has 0 aliphatic carbocycles. The summed E-state index contributed by atoms with van der Waals surface area (Å²) >= 11 is 0. The van der Waals surface area contributed by atoms with Crippen LogP contribution < -0.4 is 15.5 Å². The first kappa shape index (κ1) is 16.8. The highest BCUT2D eigenvalue weighted by molar-refractivity contribution is 5.96. The largest absolute Gasteiger partial charge is 0.351 e. The molecule has 0 bridgehead atoms. The van der Waals surface area contributed by atoms with Crippen molar-refractivity contribution in [2.24, 2.45) is 11.8 Å². The Bertz CT molecular complexity index is 533. The van der Waals surface area contributed by atoms with Crippen LogP contribution in [0.3, 0.4) is 0 Å². The average Bonchev–Trinajstić information content (AvgIpc) is 2.78. The SMILES string of the molecule is CC(C(=O)NC1CC(=O)N(c2ccccc2)C1)C1CNC1.Cl. The summed E-state index contributed by atoms with van der Waals surface area (Å²) in [6.45, 7) is 4.35. The molecule has 2 unspecified atom stereocenters. The zero-order valence-electron chi connectivity index (χ0n) is 12.6. The van der Waals surface area contributed by atoms with E-state index in [1.54, 1.807) is 4.90 Å². The number of carbonyl (C=O) groups is 2. The van der Waals surface area contributed by atoms with E-state index in [2.05, 4.69) is 10.6 Å². The molecular weight excluding hydrogens is 302 g/mol. The summed E-state index contributed by atoms with van der Waals surface area (Å²) < 4.78 is 0. The van der Waals surface area contributed by atoms with E-state index in [9.17, 15) is 9.59 Å². The molecule has 2 amide bonds. The highest BCUT2D eigenvalue weighted by atomic mass is 35.5. The van der Waals surface area contributed by atoms with Crippen molar-refractivity contribution < 1.29 is 9.59 Å². The van der Waals surface area contributed by atoms with Crippen LogP contribution in [-0.4, -0.2) is 37.5 Å². The summed E-state index contributed by atoms with van der Waals surface area (Å²) in [7, 11) is 0. The molecule has 1 aromatic rings. The van der Waals surface area contributed by atoms with E-state index in [1.165, 1.54) is 0 Å². The molecule has 0 saturated carbocycles. The van der Waals surface area contributed by atoms with Crippen LogP contribution in [-0.2, 0) is 9.59 Å². The lowest BCUT2D eigenvalue weighted by molar-refractivity contribution is -0.127. The molecule has 2 N–H and O–H groups in total. The van der Waals surface area contributed by atoms with E-state index in [4.69, 9.17) is 0 Å². The number of para-hydroxylation sites is 1. The molecule has 5 nitrogen and oxygen atoms in total. The van der Waals surface area contributed by atoms with Gasteiger partial charge in [-0.3, -0.25) is 9.59 Å². The molecule has 0 aromatic heterocycles. The third kappa shape index (κ3) is 3.42. The molecule has 2 aliphatic rings. The summed E-state index contributed by atoms with van der Waals surface area (Å²) in [6.07, 6.45) is 0.385. The maximum absolute atomic E-state index is 12.2. The van der Waals surface area contributed by atoms with Crippen LogP contribution in [0.5, 0.6) is 0 Å². The molecule has 6 heteroatoms. The summed E-state index contributed by atoms with van der Waals surface area (Å²) in [6, 6.07) is 9.52. The predicted molar refractivity (Wildman–Crippen MR) is 88.1 cm³/mol. The standard InChI is InChI=1S/C16H21N3O2.ClH/c1-11(12-8-17-9-12)16(21)18-13-7-15(20)19(10-13)14-5-3-2-4-6-14;/h2-6,11-13,17H,7-10H2,1H3,(H,18,21);1H. The Labute approximate surface area is 136 Å². The lowest BCUT2D eigenvalue weighted by Gasteiger charge is -2.32. The van der Waals surface area contributed by atoms with Gasteiger partial charge >= 0.3 is 0 Å². The Morgan fingerprint density at radius 1 is 1.32 bits per heavy atom. The van der Waals surface area contributed by atoms with Gasteiger partial charge in [-0.05, 0) is 31.1 Å². The molecular formula is C16H22ClN3O2. The highest BCUT2D eigenvalue weighted by Gasteiger charge is 2.34. The molecule has 0 radical (unpaired) electrons. The van der Waals surface area contributed by atoms with E-state index >= 15 is 0 Å². The number of hydrogen-bond donors (Lipinski definition) is 2. The zero-order valence-corrected chi connectivity index (χ0v) is 13.4. The topological polar surface area (TPSA) is 61.4 Å². The van der Waals surface area contributed by atoms with Crippen molar-refractivity contribution in [1.29, 1.82) is 0 Å². The van der Waals surface area contributed by atoms with Gasteiger partial charge in [-0.1, -0.05) is 25.1 Å². The third-order valence-corrected chi connectivity index (χ3v) is 4.47. The Balaban J connectivity index is 0.00000176. The van der Waals surface area contributed by atoms with Gasteiger partial charge in [0.25, 0.3) is 0 Å². The Morgan fingerprint density at radius 3 is 2.59 bits per heavy atom. The number of carbonyl (C=O) groups excluding carboxylic acids is 2. The first-order valence-corrected chi connectivity index (χ1v) is 7.51. The predicted octanol–water partition coefficient (Wildman–Crippen LogP) is 1.19. The molecule has 2 aliphatic heterocycles. The van der Waals surface area contributed by atoms with Crippen molar-refractivity contribution in [2.45, 2.75) is 19.4 Å². The number of amides is 2. The lowest BCUT2D eigenvalue weighted by atomic mass is 9.88. The molecule has 2 atom stereocenters. The maximum atomic E-state index is 12.2. The van der Waals surface area contributed by atoms with E-state index in [0.29, 0.717) is 18.9 Å². The van der Waals surface area contributed by atoms with E-state index in [-0.39, 0.29) is 36.2 Å². The summed E-state index contributed by atoms with van der Waals surface area (Å²) in [4.78, 5) is 26.1. The van der Waals surface area contributed by atoms with Crippen molar-refractivity contribution in [3.8, 4) is 0 Å². The molecule has 2 saturated heterocycles. The van der Waals surface area contributed by atoms with Gasteiger partial charge in [0, 0.05) is 24.6 Å². The number of benzene rings is 1. The molecule has 0 spiro atoms. The first-order chi connectivity index (χ1) is 10.1. The van der Waals surface area contributed by atoms with Crippen molar-refractivity contribution in [3.05, 3.63) is 30.3 Å². The van der Waals surface area contributed by atoms with Crippen LogP contribution in [0.15, 0.2) is 30.3 Å². The fourth-order valence-electron chi connectivity index (χ4n) is 2.87. The van der Waals surface area contributed by atoms with Crippen molar-refractivity contribution in [2.75, 3.05) is 24.5 Å². The summed E-state index contributed by atoms with van der Waals surface area (Å²) in [5.74, 6) is 0.568. The van der Waals surface area contributed by atoms with Gasteiger partial charge in [0.05, 0.1) is 6.04 Å². The second-order valence-corrected chi connectivity index (χ2v) is 5.96. The summed E-state index contributed by atoms with van der Waals surface area (Å²) in [5.41, 5.74) is 0.899. The number of nitrogens with one attached hydrogen (secondary N) is 2. The second kappa shape index (κ2) is 7.11. The van der Waals surface area contributed by atoms with Gasteiger partial charge in [-0.15, -0.1) is 12.4 Å². The van der Waals surface area contributed by atoms with Gasteiger partial charge in [0.2, 0.25) is 11.8 Å². The van der Waals surface area contributed by atoms with Crippen LogP contribution in [0.2, 0.25) is 0 Å². The fourth-order valence-corrected chi connectivity index (χ4v) is 2.87. The quantitative estimate of drug-likeness (QED) is 0.875. The minimum atomic E-state index is -0.0827. The van der Waals surface area contributed by atoms with Gasteiger partial charge in [0.15, 0.2) is 0 Å². The number of rotatable bonds is 4. The van der Waals surface area contributed by atoms with E-state index in [0.717, 1.165) is 18.8 Å². The molecule has 2 heterocycles. The maximum Gasteiger partial charge on any atom is 0.229 e. The van der Waals surface area contributed by atoms with Crippen molar-refractivity contribution in [1.82, 2.24) is 10.6 Å². The van der Waals surface area contributed by atoms with Gasteiger partial charge in [0.1, 0.15) is 0 Å². The van der Waals surface area contributed by atoms with E-state index < -0.39 is 0 Å². The zero-order chi connectivity index (χ0) is 14.8. The van der Waals surface area contributed by atoms with Crippen LogP contribution in [0.1, 0.15) is 13.3 Å². The van der Waals surface area contributed by atoms with Gasteiger partial charge < -0.3 is 15.5 Å². The molecule has 3 rings (SSSR count). The lowest BCUT2D eigenvalue weighted by Crippen LogP contribution is -2.51. The Morgan fingerprint density at radius 2 is 2.00 bits per heavy atom. The van der Waals surface area contributed by atoms with Gasteiger partial charge in [-0.2, -0.15) is 0 Å². The van der Waals surface area contributed by atoms with Crippen molar-refractivity contribution in [3.63, 3.8) is 0 Å². The van der Waals surface area contributed by atoms with Crippen LogP contribution in [0.25, 0.3) is 0 Å². The van der Waals surface area contributed by atoms with Crippen LogP contribution in [0, 0.1) is 11.8 Å². The number of nitrogens with zero attached hydrogens (tertiary/aromatic N) is 1. The minimum Gasteiger partial charge on any atom is -0.351 e. The monoisotopic (exact) mass is 323 g/mol.